The van der Waals surface area contributed by atoms with E-state index in [2.05, 4.69) is 0 Å². The molecule has 3 rings (SSSR count). The Morgan fingerprint density at radius 3 is 2.50 bits per heavy atom. The third-order valence-corrected chi connectivity index (χ3v) is 5.00. The first-order valence-corrected chi connectivity index (χ1v) is 8.00. The van der Waals surface area contributed by atoms with Crippen molar-refractivity contribution in [2.24, 2.45) is 5.92 Å². The van der Waals surface area contributed by atoms with Crippen molar-refractivity contribution in [1.82, 2.24) is 0 Å². The molecule has 0 nitrogen and oxygen atoms in total. The van der Waals surface area contributed by atoms with Gasteiger partial charge in [0.15, 0.2) is 0 Å². The molecule has 0 radical (unpaired) electrons. The summed E-state index contributed by atoms with van der Waals surface area (Å²) in [5.74, 6) is 0.687. The second-order valence-corrected chi connectivity index (χ2v) is 6.40. The quantitative estimate of drug-likeness (QED) is 0.586. The number of hydrogen-bond donors (Lipinski definition) is 0. The molecule has 0 aromatic heterocycles. The Morgan fingerprint density at radius 1 is 1.05 bits per heavy atom. The topological polar surface area (TPSA) is 0 Å². The Balaban J connectivity index is 1.80. The van der Waals surface area contributed by atoms with E-state index in [1.54, 1.807) is 6.07 Å². The Hall–Kier alpha value is -1.08. The second-order valence-electron chi connectivity index (χ2n) is 5.88. The van der Waals surface area contributed by atoms with Gasteiger partial charge in [0, 0.05) is 5.39 Å². The summed E-state index contributed by atoms with van der Waals surface area (Å²) >= 11 is 6.59. The molecule has 20 heavy (non-hydrogen) atoms. The van der Waals surface area contributed by atoms with Crippen LogP contribution in [0.1, 0.15) is 49.5 Å². The van der Waals surface area contributed by atoms with Gasteiger partial charge >= 0.3 is 0 Å². The Morgan fingerprint density at radius 2 is 1.75 bits per heavy atom. The summed E-state index contributed by atoms with van der Waals surface area (Å²) in [6.45, 7) is 0. The molecule has 0 aliphatic heterocycles. The fourth-order valence-electron chi connectivity index (χ4n) is 3.40. The van der Waals surface area contributed by atoms with Crippen LogP contribution in [0.25, 0.3) is 10.8 Å². The molecule has 1 aliphatic rings. The monoisotopic (exact) mass is 290 g/mol. The summed E-state index contributed by atoms with van der Waals surface area (Å²) < 4.78 is 13.8. The highest BCUT2D eigenvalue weighted by atomic mass is 35.5. The van der Waals surface area contributed by atoms with E-state index in [9.17, 15) is 4.39 Å². The molecule has 0 amide bonds. The number of alkyl halides is 1. The second kappa shape index (κ2) is 6.13. The van der Waals surface area contributed by atoms with Crippen molar-refractivity contribution in [2.45, 2.75) is 43.9 Å². The number of rotatable bonds is 4. The minimum Gasteiger partial charge on any atom is -0.206 e. The van der Waals surface area contributed by atoms with E-state index >= 15 is 0 Å². The van der Waals surface area contributed by atoms with Crippen LogP contribution in [-0.2, 0) is 0 Å². The van der Waals surface area contributed by atoms with Gasteiger partial charge in [-0.2, -0.15) is 0 Å². The largest absolute Gasteiger partial charge is 0.206 e. The van der Waals surface area contributed by atoms with Crippen LogP contribution < -0.4 is 0 Å². The summed E-state index contributed by atoms with van der Waals surface area (Å²) in [6, 6.07) is 11.0. The molecule has 2 aromatic carbocycles. The van der Waals surface area contributed by atoms with Crippen LogP contribution in [0.2, 0.25) is 0 Å². The van der Waals surface area contributed by atoms with Crippen LogP contribution in [0.3, 0.4) is 0 Å². The van der Waals surface area contributed by atoms with Gasteiger partial charge in [-0.1, -0.05) is 56.0 Å². The summed E-state index contributed by atoms with van der Waals surface area (Å²) in [6.07, 6.45) is 7.64. The maximum Gasteiger partial charge on any atom is 0.131 e. The van der Waals surface area contributed by atoms with E-state index in [1.807, 2.05) is 30.3 Å². The van der Waals surface area contributed by atoms with E-state index in [0.717, 1.165) is 23.3 Å². The molecule has 0 saturated heterocycles. The van der Waals surface area contributed by atoms with Crippen LogP contribution in [-0.4, -0.2) is 0 Å². The lowest BCUT2D eigenvalue weighted by Gasteiger charge is -2.15. The normalized spacial score (nSPS) is 17.7. The molecule has 1 unspecified atom stereocenters. The van der Waals surface area contributed by atoms with Crippen LogP contribution >= 0.6 is 11.6 Å². The molecule has 1 aliphatic carbocycles. The first-order chi connectivity index (χ1) is 9.75. The van der Waals surface area contributed by atoms with Crippen molar-refractivity contribution >= 4 is 22.4 Å². The Bertz CT molecular complexity index is 587. The fourth-order valence-corrected chi connectivity index (χ4v) is 3.71. The summed E-state index contributed by atoms with van der Waals surface area (Å²) in [7, 11) is 0. The van der Waals surface area contributed by atoms with Crippen LogP contribution in [0, 0.1) is 11.7 Å². The van der Waals surface area contributed by atoms with Crippen LogP contribution in [0.5, 0.6) is 0 Å². The minimum atomic E-state index is -0.163. The third kappa shape index (κ3) is 2.83. The van der Waals surface area contributed by atoms with Gasteiger partial charge in [0.2, 0.25) is 0 Å². The zero-order valence-corrected chi connectivity index (χ0v) is 12.4. The number of fused-ring (bicyclic) bond motifs is 1. The van der Waals surface area contributed by atoms with Gasteiger partial charge in [-0.3, -0.25) is 0 Å². The van der Waals surface area contributed by atoms with Gasteiger partial charge in [-0.05, 0) is 35.8 Å². The molecule has 0 spiro atoms. The zero-order chi connectivity index (χ0) is 13.9. The van der Waals surface area contributed by atoms with E-state index < -0.39 is 0 Å². The standard InChI is InChI=1S/C18H20ClF/c19-17(11-9-13-5-1-2-6-13)15-10-12-18(20)16-8-4-3-7-14(15)16/h3-4,7-8,10,12-13,17H,1-2,5-6,9,11H2. The third-order valence-electron chi connectivity index (χ3n) is 4.55. The number of benzene rings is 2. The molecular formula is C18H20ClF. The van der Waals surface area contributed by atoms with Gasteiger partial charge in [0.1, 0.15) is 5.82 Å². The molecule has 2 heteroatoms. The van der Waals surface area contributed by atoms with Gasteiger partial charge in [-0.25, -0.2) is 4.39 Å². The van der Waals surface area contributed by atoms with E-state index in [0.29, 0.717) is 5.39 Å². The van der Waals surface area contributed by atoms with Gasteiger partial charge in [0.25, 0.3) is 0 Å². The number of hydrogen-bond acceptors (Lipinski definition) is 0. The molecule has 1 atom stereocenters. The maximum absolute atomic E-state index is 13.8. The molecule has 0 N–H and O–H groups in total. The summed E-state index contributed by atoms with van der Waals surface area (Å²) in [4.78, 5) is 0. The molecule has 0 bridgehead atoms. The zero-order valence-electron chi connectivity index (χ0n) is 11.6. The predicted octanol–water partition coefficient (Wildman–Crippen LogP) is 6.23. The molecular weight excluding hydrogens is 271 g/mol. The predicted molar refractivity (Wildman–Crippen MR) is 83.7 cm³/mol. The first-order valence-electron chi connectivity index (χ1n) is 7.57. The molecule has 1 fully saturated rings. The van der Waals surface area contributed by atoms with Crippen LogP contribution in [0.4, 0.5) is 4.39 Å². The molecule has 106 valence electrons. The highest BCUT2D eigenvalue weighted by Crippen LogP contribution is 2.36. The average Bonchev–Trinajstić information content (AvgIpc) is 2.99. The van der Waals surface area contributed by atoms with Gasteiger partial charge in [0.05, 0.1) is 5.38 Å². The van der Waals surface area contributed by atoms with E-state index in [4.69, 9.17) is 11.6 Å². The lowest BCUT2D eigenvalue weighted by atomic mass is 9.95. The lowest BCUT2D eigenvalue weighted by Crippen LogP contribution is -1.99. The Labute approximate surface area is 124 Å². The molecule has 0 heterocycles. The van der Waals surface area contributed by atoms with Crippen molar-refractivity contribution in [3.63, 3.8) is 0 Å². The summed E-state index contributed by atoms with van der Waals surface area (Å²) in [5, 5.41) is 1.62. The number of halogens is 2. The van der Waals surface area contributed by atoms with E-state index in [1.165, 1.54) is 32.1 Å². The molecule has 1 saturated carbocycles. The van der Waals surface area contributed by atoms with Gasteiger partial charge in [-0.15, -0.1) is 11.6 Å². The highest BCUT2D eigenvalue weighted by molar-refractivity contribution is 6.21. The fraction of sp³-hybridized carbons (Fsp3) is 0.444. The minimum absolute atomic E-state index is 0.0129. The van der Waals surface area contributed by atoms with Crippen molar-refractivity contribution in [1.29, 1.82) is 0 Å². The van der Waals surface area contributed by atoms with Crippen molar-refractivity contribution in [2.75, 3.05) is 0 Å². The SMILES string of the molecule is Fc1ccc(C(Cl)CCC2CCCC2)c2ccccc12. The Kier molecular flexibility index (Phi) is 4.26. The van der Waals surface area contributed by atoms with Gasteiger partial charge < -0.3 is 0 Å². The van der Waals surface area contributed by atoms with Crippen molar-refractivity contribution in [3.8, 4) is 0 Å². The lowest BCUT2D eigenvalue weighted by molar-refractivity contribution is 0.480. The maximum atomic E-state index is 13.8. The highest BCUT2D eigenvalue weighted by Gasteiger charge is 2.18. The smallest absolute Gasteiger partial charge is 0.131 e. The van der Waals surface area contributed by atoms with Crippen molar-refractivity contribution < 1.29 is 4.39 Å². The van der Waals surface area contributed by atoms with Crippen molar-refractivity contribution in [3.05, 3.63) is 47.8 Å². The van der Waals surface area contributed by atoms with E-state index in [-0.39, 0.29) is 11.2 Å². The average molecular weight is 291 g/mol. The van der Waals surface area contributed by atoms with Crippen LogP contribution in [0.15, 0.2) is 36.4 Å². The first kappa shape index (κ1) is 13.9. The summed E-state index contributed by atoms with van der Waals surface area (Å²) in [5.41, 5.74) is 1.07. The molecule has 2 aromatic rings.